The van der Waals surface area contributed by atoms with E-state index in [2.05, 4.69) is 69.6 Å². The predicted molar refractivity (Wildman–Crippen MR) is 247 cm³/mol. The maximum absolute atomic E-state index is 12.1. The number of likely N-dealkylation sites (tertiary alicyclic amines) is 1. The van der Waals surface area contributed by atoms with E-state index in [9.17, 15) is 9.59 Å². The summed E-state index contributed by atoms with van der Waals surface area (Å²) in [5.41, 5.74) is 18.0. The number of nitrogens with zero attached hydrogens (tertiary/aromatic N) is 7. The minimum atomic E-state index is -0.206. The number of carbonyl (C=O) groups excluding carboxylic acids is 2. The Kier molecular flexibility index (Phi) is 11.4. The Balaban J connectivity index is 0.000000169. The third kappa shape index (κ3) is 7.62. The monoisotopic (exact) mass is 874 g/mol. The summed E-state index contributed by atoms with van der Waals surface area (Å²) in [6.07, 6.45) is 8.29. The highest BCUT2D eigenvalue weighted by atomic mass is 35.5. The number of carbonyl (C=O) groups is 2. The van der Waals surface area contributed by atoms with Gasteiger partial charge in [-0.25, -0.2) is 19.9 Å². The molecule has 0 radical (unpaired) electrons. The fraction of sp³-hybridized carbons (Fsp3) is 0.227. The van der Waals surface area contributed by atoms with E-state index in [1.54, 1.807) is 41.8 Å². The summed E-state index contributed by atoms with van der Waals surface area (Å²) in [6, 6.07) is 12.6. The van der Waals surface area contributed by atoms with Gasteiger partial charge in [0.1, 0.15) is 52.2 Å². The van der Waals surface area contributed by atoms with Crippen molar-refractivity contribution in [3.63, 3.8) is 0 Å². The second kappa shape index (κ2) is 16.9. The first-order valence-corrected chi connectivity index (χ1v) is 21.3. The molecule has 61 heavy (non-hydrogen) atoms. The molecule has 1 atom stereocenters. The Morgan fingerprint density at radius 3 is 2.10 bits per heavy atom. The first kappa shape index (κ1) is 41.3. The number of methoxy groups -OCH3 is 2. The third-order valence-electron chi connectivity index (χ3n) is 10.7. The van der Waals surface area contributed by atoms with Gasteiger partial charge in [0, 0.05) is 53.3 Å². The topological polar surface area (TPSA) is 181 Å². The molecule has 7 heterocycles. The zero-order valence-corrected chi connectivity index (χ0v) is 36.4. The van der Waals surface area contributed by atoms with Gasteiger partial charge in [-0.05, 0) is 78.6 Å². The Bertz CT molecular complexity index is 3040. The molecule has 0 aliphatic carbocycles. The number of thiophene rings is 2. The highest BCUT2D eigenvalue weighted by molar-refractivity contribution is 7.23. The largest absolute Gasteiger partial charge is 0.495 e. The summed E-state index contributed by atoms with van der Waals surface area (Å²) >= 11 is 10.3. The number of hydrogen-bond acceptors (Lipinski definition) is 12. The quantitative estimate of drug-likeness (QED) is 0.113. The van der Waals surface area contributed by atoms with Crippen LogP contribution in [-0.2, 0) is 16.1 Å². The Hall–Kier alpha value is -6.49. The third-order valence-corrected chi connectivity index (χ3v) is 13.4. The van der Waals surface area contributed by atoms with Gasteiger partial charge in [0.05, 0.1) is 40.4 Å². The summed E-state index contributed by atoms with van der Waals surface area (Å²) in [7, 11) is 3.36. The van der Waals surface area contributed by atoms with E-state index >= 15 is 0 Å². The van der Waals surface area contributed by atoms with E-state index < -0.39 is 0 Å². The molecular formula is C44H43ClN10O4S2. The first-order valence-electron chi connectivity index (χ1n) is 19.3. The summed E-state index contributed by atoms with van der Waals surface area (Å²) in [5.74, 6) is 2.21. The van der Waals surface area contributed by atoms with E-state index in [1.807, 2.05) is 34.4 Å². The van der Waals surface area contributed by atoms with Crippen molar-refractivity contribution in [2.24, 2.45) is 0 Å². The van der Waals surface area contributed by atoms with Gasteiger partial charge in [0.25, 0.3) is 0 Å². The lowest BCUT2D eigenvalue weighted by Crippen LogP contribution is -2.27. The van der Waals surface area contributed by atoms with Crippen LogP contribution in [0.15, 0.2) is 80.6 Å². The van der Waals surface area contributed by atoms with Crippen LogP contribution in [0.25, 0.3) is 63.1 Å². The van der Waals surface area contributed by atoms with Gasteiger partial charge in [-0.2, -0.15) is 0 Å². The molecule has 0 bridgehead atoms. The minimum absolute atomic E-state index is 0.0110. The van der Waals surface area contributed by atoms with E-state index in [1.165, 1.54) is 24.8 Å². The predicted octanol–water partition coefficient (Wildman–Crippen LogP) is 8.34. The van der Waals surface area contributed by atoms with Gasteiger partial charge in [-0.15, -0.1) is 22.7 Å². The van der Waals surface area contributed by atoms with Gasteiger partial charge in [0.15, 0.2) is 0 Å². The number of aryl methyl sites for hydroxylation is 2. The van der Waals surface area contributed by atoms with E-state index in [-0.39, 0.29) is 17.9 Å². The fourth-order valence-corrected chi connectivity index (χ4v) is 10.7. The number of aromatic nitrogens is 6. The van der Waals surface area contributed by atoms with Crippen LogP contribution in [0.4, 0.5) is 11.6 Å². The Labute approximate surface area is 364 Å². The number of amides is 2. The van der Waals surface area contributed by atoms with Gasteiger partial charge >= 0.3 is 0 Å². The molecule has 312 valence electrons. The lowest BCUT2D eigenvalue weighted by Gasteiger charge is -2.17. The standard InChI is InChI=1S/C23H22ClN5O2S.C21H21N5O2S/c1-4-17(30)28-6-5-14(10-28)29-21(24)18(19-22(25)26-11-27-23(19)29)16-9-13-7-12(2)8-15(31-3)20(13)32-16;1-4-17(27)23-5-6-26-10-14(18-20(22)24-11-25-21(18)26)16-9-13-7-12(2)8-15(28-3)19(13)29-16/h4,7-9,11,14H,1,5-6,10H2,2-3H3,(H2,25,26,27);4,7-11H,1,5-6H2,2-3H3,(H,23,27)(H2,22,24,25). The molecule has 14 nitrogen and oxygen atoms in total. The average molecular weight is 875 g/mol. The van der Waals surface area contributed by atoms with Crippen molar-refractivity contribution in [3.8, 4) is 32.4 Å². The molecule has 6 aromatic heterocycles. The van der Waals surface area contributed by atoms with Crippen molar-refractivity contribution in [2.75, 3.05) is 45.3 Å². The molecular weight excluding hydrogens is 832 g/mol. The SMILES string of the molecule is C=CC(=O)N1CCC(n2c(Cl)c(-c3cc4cc(C)cc(OC)c4s3)c3c(N)ncnc32)C1.C=CC(=O)NCCn1cc(-c2cc3cc(C)cc(OC)c3s2)c2c(N)ncnc21. The highest BCUT2D eigenvalue weighted by Gasteiger charge is 2.32. The molecule has 9 rings (SSSR count). The number of benzene rings is 2. The molecule has 1 aliphatic rings. The number of nitrogens with two attached hydrogens (primary N) is 2. The van der Waals surface area contributed by atoms with Crippen molar-refractivity contribution in [1.29, 1.82) is 0 Å². The van der Waals surface area contributed by atoms with Crippen LogP contribution >= 0.6 is 34.3 Å². The fourth-order valence-electron chi connectivity index (χ4n) is 7.93. The second-order valence-corrected chi connectivity index (χ2v) is 17.1. The van der Waals surface area contributed by atoms with Crippen LogP contribution in [0.5, 0.6) is 11.5 Å². The van der Waals surface area contributed by atoms with Gasteiger partial charge in [-0.1, -0.05) is 36.9 Å². The molecule has 8 aromatic rings. The van der Waals surface area contributed by atoms with Crippen LogP contribution in [0.3, 0.4) is 0 Å². The lowest BCUT2D eigenvalue weighted by atomic mass is 10.1. The molecule has 0 saturated carbocycles. The van der Waals surface area contributed by atoms with Crippen LogP contribution in [0, 0.1) is 13.8 Å². The van der Waals surface area contributed by atoms with Crippen molar-refractivity contribution in [3.05, 3.63) is 96.8 Å². The number of nitrogens with one attached hydrogen (secondary N) is 1. The average Bonchev–Trinajstić information content (AvgIpc) is 4.09. The highest BCUT2D eigenvalue weighted by Crippen LogP contribution is 2.48. The van der Waals surface area contributed by atoms with Crippen LogP contribution in [-0.4, -0.2) is 79.6 Å². The molecule has 1 unspecified atom stereocenters. The van der Waals surface area contributed by atoms with Crippen LogP contribution in [0.2, 0.25) is 5.15 Å². The normalized spacial score (nSPS) is 13.8. The first-order chi connectivity index (χ1) is 29.4. The van der Waals surface area contributed by atoms with Gasteiger partial charge in [0.2, 0.25) is 11.8 Å². The maximum Gasteiger partial charge on any atom is 0.246 e. The minimum Gasteiger partial charge on any atom is -0.495 e. The number of ether oxygens (including phenoxy) is 2. The number of rotatable bonds is 10. The molecule has 1 aliphatic heterocycles. The second-order valence-electron chi connectivity index (χ2n) is 14.6. The van der Waals surface area contributed by atoms with E-state index in [4.69, 9.17) is 32.5 Å². The molecule has 17 heteroatoms. The Morgan fingerprint density at radius 1 is 0.869 bits per heavy atom. The van der Waals surface area contributed by atoms with Crippen molar-refractivity contribution < 1.29 is 19.1 Å². The molecule has 2 aromatic carbocycles. The molecule has 2 amide bonds. The van der Waals surface area contributed by atoms with Crippen molar-refractivity contribution >= 4 is 100.0 Å². The summed E-state index contributed by atoms with van der Waals surface area (Å²) in [5, 5.41) is 7.08. The van der Waals surface area contributed by atoms with Crippen LogP contribution in [0.1, 0.15) is 23.6 Å². The zero-order valence-electron chi connectivity index (χ0n) is 34.0. The zero-order chi connectivity index (χ0) is 43.1. The molecule has 5 N–H and O–H groups in total. The van der Waals surface area contributed by atoms with E-state index in [0.717, 1.165) is 86.5 Å². The van der Waals surface area contributed by atoms with Gasteiger partial charge < -0.3 is 40.3 Å². The number of halogens is 1. The van der Waals surface area contributed by atoms with Crippen molar-refractivity contribution in [1.82, 2.24) is 39.3 Å². The summed E-state index contributed by atoms with van der Waals surface area (Å²) in [6.45, 7) is 13.3. The summed E-state index contributed by atoms with van der Waals surface area (Å²) < 4.78 is 17.3. The molecule has 0 spiro atoms. The maximum atomic E-state index is 12.1. The number of nitrogen functional groups attached to an aromatic ring is 2. The Morgan fingerprint density at radius 2 is 1.48 bits per heavy atom. The lowest BCUT2D eigenvalue weighted by molar-refractivity contribution is -0.125. The number of anilines is 2. The molecule has 1 saturated heterocycles. The van der Waals surface area contributed by atoms with Crippen molar-refractivity contribution in [2.45, 2.75) is 32.9 Å². The summed E-state index contributed by atoms with van der Waals surface area (Å²) in [4.78, 5) is 44.7. The van der Waals surface area contributed by atoms with Gasteiger partial charge in [-0.3, -0.25) is 9.59 Å². The smallest absolute Gasteiger partial charge is 0.246 e. The number of fused-ring (bicyclic) bond motifs is 4. The molecule has 1 fully saturated rings. The number of hydrogen-bond donors (Lipinski definition) is 3. The van der Waals surface area contributed by atoms with E-state index in [0.29, 0.717) is 48.6 Å². The van der Waals surface area contributed by atoms with Crippen LogP contribution < -0.4 is 26.3 Å².